The van der Waals surface area contributed by atoms with E-state index in [0.717, 1.165) is 0 Å². The van der Waals surface area contributed by atoms with E-state index in [1.807, 2.05) is 0 Å². The van der Waals surface area contributed by atoms with Gasteiger partial charge in [-0.3, -0.25) is 0 Å². The highest BCUT2D eigenvalue weighted by Gasteiger charge is 2.27. The predicted molar refractivity (Wildman–Crippen MR) is 55.3 cm³/mol. The molecule has 0 saturated carbocycles. The van der Waals surface area contributed by atoms with E-state index in [2.05, 4.69) is 15.9 Å². The molecule has 0 aliphatic heterocycles. The third-order valence-electron chi connectivity index (χ3n) is 1.67. The van der Waals surface area contributed by atoms with Crippen molar-refractivity contribution in [3.63, 3.8) is 0 Å². The lowest BCUT2D eigenvalue weighted by atomic mass is 10.4. The van der Waals surface area contributed by atoms with Crippen molar-refractivity contribution in [2.45, 2.75) is 10.4 Å². The van der Waals surface area contributed by atoms with Crippen LogP contribution in [0, 0.1) is 0 Å². The molecule has 0 fully saturated rings. The molecule has 6 heteroatoms. The molecule has 3 nitrogen and oxygen atoms in total. The number of sulfone groups is 1. The summed E-state index contributed by atoms with van der Waals surface area (Å²) >= 11 is 3.04. The van der Waals surface area contributed by atoms with E-state index < -0.39 is 21.9 Å². The molecule has 0 aliphatic rings. The van der Waals surface area contributed by atoms with E-state index >= 15 is 0 Å². The minimum absolute atomic E-state index is 0.0713. The van der Waals surface area contributed by atoms with Gasteiger partial charge in [-0.05, 0) is 28.1 Å². The average Bonchev–Trinajstić information content (AvgIpc) is 2.17. The summed E-state index contributed by atoms with van der Waals surface area (Å²) in [7, 11) is -3.96. The van der Waals surface area contributed by atoms with Crippen LogP contribution in [0.5, 0.6) is 0 Å². The van der Waals surface area contributed by atoms with Crippen LogP contribution in [0.2, 0.25) is 0 Å². The Hall–Kier alpha value is -0.460. The molecule has 0 amide bonds. The number of hydrogen-bond donors (Lipinski definition) is 1. The van der Waals surface area contributed by atoms with Gasteiger partial charge < -0.3 is 5.73 Å². The van der Waals surface area contributed by atoms with E-state index in [4.69, 9.17) is 5.73 Å². The zero-order valence-electron chi connectivity index (χ0n) is 7.15. The van der Waals surface area contributed by atoms with Gasteiger partial charge >= 0.3 is 0 Å². The predicted octanol–water partition coefficient (Wildman–Crippen LogP) is 1.48. The van der Waals surface area contributed by atoms with Crippen LogP contribution in [0.1, 0.15) is 0 Å². The standard InChI is InChI=1S/C8H9BrFNO2S/c9-6-3-1-2-4-7(6)14(12,13)8(10)5-11/h1-4,8H,5,11H2. The van der Waals surface area contributed by atoms with Crippen LogP contribution >= 0.6 is 15.9 Å². The zero-order valence-corrected chi connectivity index (χ0v) is 9.55. The van der Waals surface area contributed by atoms with Crippen molar-refractivity contribution in [3.8, 4) is 0 Å². The summed E-state index contributed by atoms with van der Waals surface area (Å²) in [5.74, 6) is 0. The lowest BCUT2D eigenvalue weighted by molar-refractivity contribution is 0.425. The fraction of sp³-hybridized carbons (Fsp3) is 0.250. The van der Waals surface area contributed by atoms with Crippen LogP contribution in [-0.4, -0.2) is 20.5 Å². The van der Waals surface area contributed by atoms with Gasteiger partial charge in [-0.25, -0.2) is 12.8 Å². The molecule has 1 rings (SSSR count). The molecule has 1 unspecified atom stereocenters. The average molecular weight is 282 g/mol. The molecule has 0 heterocycles. The van der Waals surface area contributed by atoms with Crippen LogP contribution in [0.4, 0.5) is 4.39 Å². The topological polar surface area (TPSA) is 60.2 Å². The summed E-state index contributed by atoms with van der Waals surface area (Å²) < 4.78 is 36.4. The maximum Gasteiger partial charge on any atom is 0.217 e. The Kier molecular flexibility index (Phi) is 3.63. The normalized spacial score (nSPS) is 13.9. The molecule has 0 aromatic heterocycles. The van der Waals surface area contributed by atoms with Crippen LogP contribution < -0.4 is 5.73 Å². The second kappa shape index (κ2) is 4.37. The number of halogens is 2. The molecule has 0 bridgehead atoms. The Morgan fingerprint density at radius 2 is 2.00 bits per heavy atom. The van der Waals surface area contributed by atoms with E-state index in [1.165, 1.54) is 18.2 Å². The smallest absolute Gasteiger partial charge is 0.217 e. The number of benzene rings is 1. The third-order valence-corrected chi connectivity index (χ3v) is 4.45. The molecule has 1 atom stereocenters. The second-order valence-corrected chi connectivity index (χ2v) is 5.52. The largest absolute Gasteiger partial charge is 0.327 e. The lowest BCUT2D eigenvalue weighted by Gasteiger charge is -2.08. The second-order valence-electron chi connectivity index (χ2n) is 2.62. The van der Waals surface area contributed by atoms with Crippen molar-refractivity contribution in [2.75, 3.05) is 6.54 Å². The minimum atomic E-state index is -3.96. The van der Waals surface area contributed by atoms with Crippen LogP contribution in [-0.2, 0) is 9.84 Å². The van der Waals surface area contributed by atoms with Crippen LogP contribution in [0.3, 0.4) is 0 Å². The first-order valence-corrected chi connectivity index (χ1v) is 6.16. The minimum Gasteiger partial charge on any atom is -0.327 e. The van der Waals surface area contributed by atoms with Gasteiger partial charge in [0.1, 0.15) is 0 Å². The van der Waals surface area contributed by atoms with Gasteiger partial charge in [0, 0.05) is 11.0 Å². The number of hydrogen-bond acceptors (Lipinski definition) is 3. The fourth-order valence-corrected chi connectivity index (χ4v) is 3.04. The van der Waals surface area contributed by atoms with Crippen molar-refractivity contribution in [2.24, 2.45) is 5.73 Å². The molecule has 0 aliphatic carbocycles. The van der Waals surface area contributed by atoms with Crippen LogP contribution in [0.25, 0.3) is 0 Å². The summed E-state index contributed by atoms with van der Waals surface area (Å²) in [6, 6.07) is 6.05. The monoisotopic (exact) mass is 281 g/mol. The summed E-state index contributed by atoms with van der Waals surface area (Å²) in [5, 5.41) is 0. The van der Waals surface area contributed by atoms with Gasteiger partial charge in [-0.1, -0.05) is 12.1 Å². The summed E-state index contributed by atoms with van der Waals surface area (Å²) in [6.07, 6.45) is 0. The molecule has 2 N–H and O–H groups in total. The molecule has 0 saturated heterocycles. The molecule has 1 aromatic rings. The van der Waals surface area contributed by atoms with Gasteiger partial charge in [0.15, 0.2) is 0 Å². The van der Waals surface area contributed by atoms with Gasteiger partial charge in [-0.2, -0.15) is 0 Å². The van der Waals surface area contributed by atoms with Crippen molar-refractivity contribution >= 4 is 25.8 Å². The van der Waals surface area contributed by atoms with E-state index in [0.29, 0.717) is 4.47 Å². The molecular formula is C8H9BrFNO2S. The highest BCUT2D eigenvalue weighted by atomic mass is 79.9. The van der Waals surface area contributed by atoms with Gasteiger partial charge in [0.25, 0.3) is 0 Å². The zero-order chi connectivity index (χ0) is 10.8. The molecule has 0 spiro atoms. The van der Waals surface area contributed by atoms with Crippen LogP contribution in [0.15, 0.2) is 33.6 Å². The van der Waals surface area contributed by atoms with Gasteiger partial charge in [0.05, 0.1) is 4.90 Å². The maximum atomic E-state index is 13.0. The van der Waals surface area contributed by atoms with Crippen molar-refractivity contribution in [3.05, 3.63) is 28.7 Å². The van der Waals surface area contributed by atoms with E-state index in [-0.39, 0.29) is 4.90 Å². The lowest BCUT2D eigenvalue weighted by Crippen LogP contribution is -2.25. The Labute approximate surface area is 90.2 Å². The molecule has 0 radical (unpaired) electrons. The number of rotatable bonds is 3. The Balaban J connectivity index is 3.24. The Morgan fingerprint density at radius 1 is 1.43 bits per heavy atom. The van der Waals surface area contributed by atoms with E-state index in [9.17, 15) is 12.8 Å². The van der Waals surface area contributed by atoms with Crippen molar-refractivity contribution in [1.29, 1.82) is 0 Å². The first-order valence-electron chi connectivity index (χ1n) is 3.82. The van der Waals surface area contributed by atoms with Gasteiger partial charge in [0.2, 0.25) is 15.3 Å². The summed E-state index contributed by atoms with van der Waals surface area (Å²) in [4.78, 5) is -0.0713. The maximum absolute atomic E-state index is 13.0. The first kappa shape index (κ1) is 11.6. The van der Waals surface area contributed by atoms with Gasteiger partial charge in [-0.15, -0.1) is 0 Å². The fourth-order valence-electron chi connectivity index (χ4n) is 0.940. The summed E-state index contributed by atoms with van der Waals surface area (Å²) in [5.41, 5.74) is 2.92. The number of nitrogens with two attached hydrogens (primary N) is 1. The SMILES string of the molecule is NCC(F)S(=O)(=O)c1ccccc1Br. The van der Waals surface area contributed by atoms with Crippen molar-refractivity contribution in [1.82, 2.24) is 0 Å². The summed E-state index contributed by atoms with van der Waals surface area (Å²) in [6.45, 7) is -0.538. The first-order chi connectivity index (χ1) is 6.50. The Bertz CT molecular complexity index is 421. The highest BCUT2D eigenvalue weighted by Crippen LogP contribution is 2.24. The molecule has 1 aromatic carbocycles. The highest BCUT2D eigenvalue weighted by molar-refractivity contribution is 9.10. The number of alkyl halides is 1. The molecule has 14 heavy (non-hydrogen) atoms. The quantitative estimate of drug-likeness (QED) is 0.913. The Morgan fingerprint density at radius 3 is 2.50 bits per heavy atom. The molecular weight excluding hydrogens is 273 g/mol. The van der Waals surface area contributed by atoms with E-state index in [1.54, 1.807) is 6.07 Å². The van der Waals surface area contributed by atoms with Crippen molar-refractivity contribution < 1.29 is 12.8 Å². The molecule has 78 valence electrons. The third kappa shape index (κ3) is 2.13.